The van der Waals surface area contributed by atoms with E-state index in [1.54, 1.807) is 6.08 Å². The van der Waals surface area contributed by atoms with E-state index < -0.39 is 115 Å². The highest BCUT2D eigenvalue weighted by Crippen LogP contribution is 2.62. The molecule has 3 N–H and O–H groups in total. The third-order valence-electron chi connectivity index (χ3n) is 12.0. The number of hydrogen-bond acceptors (Lipinski definition) is 17. The summed E-state index contributed by atoms with van der Waals surface area (Å²) in [6.45, 7) is 7.86. The highest BCUT2D eigenvalue weighted by Gasteiger charge is 2.76. The Kier molecular flexibility index (Phi) is 12.1. The van der Waals surface area contributed by atoms with Crippen LogP contribution in [0.1, 0.15) is 65.9 Å². The van der Waals surface area contributed by atoms with Crippen molar-refractivity contribution in [2.24, 2.45) is 17.8 Å². The summed E-state index contributed by atoms with van der Waals surface area (Å²) in [4.78, 5) is 50.5. The van der Waals surface area contributed by atoms with E-state index in [-0.39, 0.29) is 31.3 Å². The van der Waals surface area contributed by atoms with Crippen molar-refractivity contribution in [1.82, 2.24) is 0 Å². The molecule has 5 saturated heterocycles. The summed E-state index contributed by atoms with van der Waals surface area (Å²) in [5.41, 5.74) is 0.105. The van der Waals surface area contributed by atoms with Gasteiger partial charge >= 0.3 is 23.9 Å². The van der Waals surface area contributed by atoms with E-state index in [9.17, 15) is 34.5 Å². The molecule has 0 bridgehead atoms. The van der Waals surface area contributed by atoms with Gasteiger partial charge in [0.15, 0.2) is 30.2 Å². The zero-order valence-corrected chi connectivity index (χ0v) is 32.5. The molecule has 1 aromatic rings. The molecule has 5 aliphatic heterocycles. The van der Waals surface area contributed by atoms with Crippen molar-refractivity contribution >= 4 is 30.0 Å². The summed E-state index contributed by atoms with van der Waals surface area (Å²) in [6, 6.07) is 9.42. The van der Waals surface area contributed by atoms with Crippen LogP contribution in [0.2, 0.25) is 0 Å². The molecule has 0 aromatic heterocycles. The summed E-state index contributed by atoms with van der Waals surface area (Å²) >= 11 is 0. The second kappa shape index (κ2) is 16.6. The van der Waals surface area contributed by atoms with E-state index in [4.69, 9.17) is 47.4 Å². The molecule has 314 valence electrons. The fourth-order valence-electron chi connectivity index (χ4n) is 8.89. The predicted molar refractivity (Wildman–Crippen MR) is 191 cm³/mol. The van der Waals surface area contributed by atoms with Crippen LogP contribution in [-0.4, -0.2) is 137 Å². The Bertz CT molecular complexity index is 1670. The second-order valence-electron chi connectivity index (χ2n) is 16.0. The van der Waals surface area contributed by atoms with Crippen LogP contribution < -0.4 is 0 Å². The Labute approximate surface area is 329 Å². The van der Waals surface area contributed by atoms with Gasteiger partial charge in [-0.05, 0) is 44.7 Å². The Morgan fingerprint density at radius 1 is 0.789 bits per heavy atom. The van der Waals surface area contributed by atoms with Gasteiger partial charge in [0, 0.05) is 38.2 Å². The summed E-state index contributed by atoms with van der Waals surface area (Å²) in [5, 5.41) is 33.1. The van der Waals surface area contributed by atoms with E-state index in [0.29, 0.717) is 19.4 Å². The Hall–Kier alpha value is -3.52. The standard InChI is InChI=1S/C40H52O17/c1-19-17-48-40(16-28(19)54-29(43)14-11-24-9-7-6-8-10-24)39(18-49-39)26-13-12-25(15-27(26)57-40)36(47)56-38-35(31(45)33(21(3)51-38)52-22(4)41)55-37-32(46)34(53-23(5)42)30(44)20(2)50-37/h6-11,14,19-21,25-28,30-35,37-38,44-46H,12-13,15-18H2,1-5H3/t19-,20-,21+,25+,26+,27-,28+,30+,31-,32-,33+,34+,35+,37+,38-,39-,40+/m0/s1. The number of epoxide rings is 1. The lowest BCUT2D eigenvalue weighted by Gasteiger charge is -2.46. The molecule has 6 aliphatic rings. The minimum atomic E-state index is -1.73. The third-order valence-corrected chi connectivity index (χ3v) is 12.0. The summed E-state index contributed by atoms with van der Waals surface area (Å²) in [5.74, 6) is -4.72. The number of ether oxygens (including phenoxy) is 10. The minimum absolute atomic E-state index is 0.106. The van der Waals surface area contributed by atoms with Crippen LogP contribution in [-0.2, 0) is 66.5 Å². The predicted octanol–water partition coefficient (Wildman–Crippen LogP) is 1.31. The summed E-state index contributed by atoms with van der Waals surface area (Å²) in [7, 11) is 0. The third kappa shape index (κ3) is 8.36. The molecule has 1 aromatic carbocycles. The molecule has 5 heterocycles. The van der Waals surface area contributed by atoms with E-state index in [0.717, 1.165) is 19.4 Å². The number of rotatable bonds is 9. The van der Waals surface area contributed by atoms with Crippen molar-refractivity contribution < 1.29 is 81.9 Å². The first-order valence-electron chi connectivity index (χ1n) is 19.6. The highest BCUT2D eigenvalue weighted by molar-refractivity contribution is 5.87. The van der Waals surface area contributed by atoms with Gasteiger partial charge in [0.05, 0.1) is 37.4 Å². The van der Waals surface area contributed by atoms with Crippen molar-refractivity contribution in [2.75, 3.05) is 13.2 Å². The molecular weight excluding hydrogens is 752 g/mol. The monoisotopic (exact) mass is 804 g/mol. The van der Waals surface area contributed by atoms with Crippen molar-refractivity contribution in [1.29, 1.82) is 0 Å². The average molecular weight is 805 g/mol. The van der Waals surface area contributed by atoms with Gasteiger partial charge in [-0.1, -0.05) is 37.3 Å². The maximum absolute atomic E-state index is 13.9. The quantitative estimate of drug-likeness (QED) is 0.139. The zero-order valence-electron chi connectivity index (χ0n) is 32.5. The van der Waals surface area contributed by atoms with Gasteiger partial charge in [0.2, 0.25) is 12.1 Å². The zero-order chi connectivity index (χ0) is 40.8. The van der Waals surface area contributed by atoms with Crippen LogP contribution in [0.3, 0.4) is 0 Å². The van der Waals surface area contributed by atoms with Gasteiger partial charge in [-0.3, -0.25) is 14.4 Å². The topological polar surface area (TPSA) is 225 Å². The van der Waals surface area contributed by atoms with E-state index in [1.807, 2.05) is 37.3 Å². The highest BCUT2D eigenvalue weighted by atomic mass is 16.8. The molecule has 0 unspecified atom stereocenters. The maximum atomic E-state index is 13.9. The number of carbonyl (C=O) groups excluding carboxylic acids is 4. The molecule has 17 nitrogen and oxygen atoms in total. The Morgan fingerprint density at radius 3 is 2.16 bits per heavy atom. The van der Waals surface area contributed by atoms with E-state index in [1.165, 1.54) is 19.9 Å². The van der Waals surface area contributed by atoms with Crippen molar-refractivity contribution in [2.45, 2.75) is 145 Å². The smallest absolute Gasteiger partial charge is 0.331 e. The SMILES string of the molecule is CC(=O)O[C@H]1[C@H](O)[C@@H](O[C@H]2[C@H](OC(=O)[C@@H]3CC[C@@H]4[C@H](C3)O[C@]3(C[C@@H](OC(=O)C=Cc5ccccc5)[C@@H](C)CO3)[C@]43CO3)O[C@H](C)[C@@H](OC(C)=O)[C@@H]2O)O[C@@H](C)[C@H]1O. The van der Waals surface area contributed by atoms with Gasteiger partial charge in [-0.2, -0.15) is 0 Å². The summed E-state index contributed by atoms with van der Waals surface area (Å²) in [6.07, 6.45) is -10.6. The van der Waals surface area contributed by atoms with Crippen LogP contribution >= 0.6 is 0 Å². The minimum Gasteiger partial charge on any atom is -0.459 e. The van der Waals surface area contributed by atoms with Crippen LogP contribution in [0.4, 0.5) is 0 Å². The van der Waals surface area contributed by atoms with Crippen LogP contribution in [0, 0.1) is 17.8 Å². The van der Waals surface area contributed by atoms with Gasteiger partial charge < -0.3 is 62.7 Å². The largest absolute Gasteiger partial charge is 0.459 e. The number of hydrogen-bond donors (Lipinski definition) is 3. The van der Waals surface area contributed by atoms with Crippen LogP contribution in [0.15, 0.2) is 36.4 Å². The fourth-order valence-corrected chi connectivity index (χ4v) is 8.89. The Morgan fingerprint density at radius 2 is 1.47 bits per heavy atom. The number of aliphatic hydroxyl groups excluding tert-OH is 3. The van der Waals surface area contributed by atoms with Crippen molar-refractivity contribution in [3.63, 3.8) is 0 Å². The lowest BCUT2D eigenvalue weighted by molar-refractivity contribution is -0.358. The summed E-state index contributed by atoms with van der Waals surface area (Å²) < 4.78 is 59.2. The number of esters is 4. The number of carbonyl (C=O) groups is 4. The molecule has 1 saturated carbocycles. The lowest BCUT2D eigenvalue weighted by atomic mass is 9.72. The first kappa shape index (κ1) is 41.6. The van der Waals surface area contributed by atoms with E-state index >= 15 is 0 Å². The lowest BCUT2D eigenvalue weighted by Crippen LogP contribution is -2.64. The second-order valence-corrected chi connectivity index (χ2v) is 16.0. The van der Waals surface area contributed by atoms with Crippen molar-refractivity contribution in [3.05, 3.63) is 42.0 Å². The molecular formula is C40H52O17. The molecule has 0 amide bonds. The molecule has 0 radical (unpaired) electrons. The molecule has 17 heteroatoms. The molecule has 6 fully saturated rings. The fraction of sp³-hybridized carbons (Fsp3) is 0.700. The maximum Gasteiger partial charge on any atom is 0.331 e. The molecule has 17 atom stereocenters. The van der Waals surface area contributed by atoms with E-state index in [2.05, 4.69) is 0 Å². The van der Waals surface area contributed by atoms with Crippen LogP contribution in [0.5, 0.6) is 0 Å². The molecule has 57 heavy (non-hydrogen) atoms. The van der Waals surface area contributed by atoms with Gasteiger partial charge in [-0.25, -0.2) is 4.79 Å². The van der Waals surface area contributed by atoms with Gasteiger partial charge in [0.1, 0.15) is 24.4 Å². The molecule has 7 rings (SSSR count). The van der Waals surface area contributed by atoms with Gasteiger partial charge in [-0.15, -0.1) is 0 Å². The van der Waals surface area contributed by atoms with Crippen LogP contribution in [0.25, 0.3) is 6.08 Å². The number of benzene rings is 1. The first-order chi connectivity index (χ1) is 27.1. The van der Waals surface area contributed by atoms with Crippen molar-refractivity contribution in [3.8, 4) is 0 Å². The molecule has 2 spiro atoms. The normalized spacial score (nSPS) is 44.0. The average Bonchev–Trinajstić information content (AvgIpc) is 3.94. The van der Waals surface area contributed by atoms with Gasteiger partial charge in [0.25, 0.3) is 0 Å². The number of aliphatic hydroxyl groups is 3. The Balaban J connectivity index is 1.03. The molecule has 1 aliphatic carbocycles. The number of fused-ring (bicyclic) bond motifs is 3. The first-order valence-corrected chi connectivity index (χ1v) is 19.6.